The van der Waals surface area contributed by atoms with Gasteiger partial charge in [0.15, 0.2) is 0 Å². The third kappa shape index (κ3) is 4.33. The van der Waals surface area contributed by atoms with Crippen LogP contribution in [0.25, 0.3) is 11.1 Å². The Bertz CT molecular complexity index is 882. The maximum atomic E-state index is 12.3. The van der Waals surface area contributed by atoms with Crippen molar-refractivity contribution in [2.45, 2.75) is 31.3 Å². The molecule has 1 fully saturated rings. The third-order valence-electron chi connectivity index (χ3n) is 4.77. The smallest absolute Gasteiger partial charge is 0.326 e. The molecule has 0 unspecified atom stereocenters. The van der Waals surface area contributed by atoms with Crippen molar-refractivity contribution in [1.29, 1.82) is 5.26 Å². The van der Waals surface area contributed by atoms with Gasteiger partial charge in [-0.2, -0.15) is 5.26 Å². The Morgan fingerprint density at radius 2 is 1.89 bits per heavy atom. The highest BCUT2D eigenvalue weighted by atomic mass is 16.4. The van der Waals surface area contributed by atoms with Gasteiger partial charge in [0, 0.05) is 6.42 Å². The molecule has 138 valence electrons. The summed E-state index contributed by atoms with van der Waals surface area (Å²) in [6.07, 6.45) is 1.76. The molecule has 3 rings (SSSR count). The summed E-state index contributed by atoms with van der Waals surface area (Å²) in [5.74, 6) is -1.36. The lowest BCUT2D eigenvalue weighted by Crippen LogP contribution is -2.49. The number of rotatable bonds is 6. The van der Waals surface area contributed by atoms with Gasteiger partial charge in [0.1, 0.15) is 6.04 Å². The molecule has 1 amide bonds. The van der Waals surface area contributed by atoms with Gasteiger partial charge in [-0.05, 0) is 42.1 Å². The normalized spacial score (nSPS) is 17.1. The van der Waals surface area contributed by atoms with Gasteiger partial charge in [0.05, 0.1) is 17.7 Å². The van der Waals surface area contributed by atoms with Gasteiger partial charge in [0.2, 0.25) is 5.91 Å². The maximum Gasteiger partial charge on any atom is 0.326 e. The molecule has 1 saturated heterocycles. The lowest BCUT2D eigenvalue weighted by molar-refractivity contribution is -0.142. The van der Waals surface area contributed by atoms with Crippen LogP contribution in [0, 0.1) is 11.3 Å². The monoisotopic (exact) mass is 363 g/mol. The summed E-state index contributed by atoms with van der Waals surface area (Å²) in [7, 11) is 0. The number of nitriles is 1. The zero-order chi connectivity index (χ0) is 19.2. The van der Waals surface area contributed by atoms with Crippen molar-refractivity contribution in [1.82, 2.24) is 10.6 Å². The predicted molar refractivity (Wildman–Crippen MR) is 101 cm³/mol. The number of carboxylic acids is 1. The number of hydrogen-bond acceptors (Lipinski definition) is 4. The van der Waals surface area contributed by atoms with Crippen LogP contribution in [0.3, 0.4) is 0 Å². The van der Waals surface area contributed by atoms with Crippen LogP contribution in [0.4, 0.5) is 0 Å². The number of nitrogens with zero attached hydrogens (tertiary/aromatic N) is 1. The SMILES string of the molecule is N#Cc1ccccc1-c1ccccc1C[C@H](NC(=O)[C@@H]1CCCN1)C(=O)O. The van der Waals surface area contributed by atoms with E-state index in [1.54, 1.807) is 12.1 Å². The molecule has 2 aromatic carbocycles. The van der Waals surface area contributed by atoms with Gasteiger partial charge in [-0.1, -0.05) is 42.5 Å². The minimum atomic E-state index is -1.08. The third-order valence-corrected chi connectivity index (χ3v) is 4.77. The number of benzene rings is 2. The van der Waals surface area contributed by atoms with Crippen molar-refractivity contribution in [3.63, 3.8) is 0 Å². The molecule has 1 heterocycles. The molecule has 0 spiro atoms. The maximum absolute atomic E-state index is 12.3. The Labute approximate surface area is 157 Å². The number of carbonyl (C=O) groups excluding carboxylic acids is 1. The van der Waals surface area contributed by atoms with Crippen molar-refractivity contribution in [2.24, 2.45) is 0 Å². The standard InChI is InChI=1S/C21H21N3O3/c22-13-15-7-2-4-9-17(15)16-8-3-1-6-14(16)12-19(21(26)27)24-20(25)18-10-5-11-23-18/h1-4,6-9,18-19,23H,5,10-12H2,(H,24,25)(H,26,27)/t18-,19-/m0/s1. The summed E-state index contributed by atoms with van der Waals surface area (Å²) >= 11 is 0. The molecule has 0 radical (unpaired) electrons. The largest absolute Gasteiger partial charge is 0.480 e. The van der Waals surface area contributed by atoms with Gasteiger partial charge < -0.3 is 15.7 Å². The molecule has 1 aliphatic rings. The second kappa shape index (κ2) is 8.47. The fraction of sp³-hybridized carbons (Fsp3) is 0.286. The number of hydrogen-bond donors (Lipinski definition) is 3. The molecule has 0 bridgehead atoms. The molecule has 6 heteroatoms. The highest BCUT2D eigenvalue weighted by molar-refractivity contribution is 5.87. The molecule has 3 N–H and O–H groups in total. The molecule has 0 aliphatic carbocycles. The fourth-order valence-electron chi connectivity index (χ4n) is 3.38. The van der Waals surface area contributed by atoms with Crippen LogP contribution in [0.15, 0.2) is 48.5 Å². The molecule has 2 aromatic rings. The highest BCUT2D eigenvalue weighted by Gasteiger charge is 2.28. The topological polar surface area (TPSA) is 102 Å². The van der Waals surface area contributed by atoms with Crippen LogP contribution < -0.4 is 10.6 Å². The molecule has 6 nitrogen and oxygen atoms in total. The van der Waals surface area contributed by atoms with Gasteiger partial charge in [-0.15, -0.1) is 0 Å². The van der Waals surface area contributed by atoms with Gasteiger partial charge in [-0.3, -0.25) is 4.79 Å². The minimum Gasteiger partial charge on any atom is -0.480 e. The summed E-state index contributed by atoms with van der Waals surface area (Å²) in [6.45, 7) is 0.767. The van der Waals surface area contributed by atoms with E-state index >= 15 is 0 Å². The quantitative estimate of drug-likeness (QED) is 0.729. The van der Waals surface area contributed by atoms with E-state index in [1.165, 1.54) is 0 Å². The molecule has 1 aliphatic heterocycles. The Morgan fingerprint density at radius 3 is 2.56 bits per heavy atom. The van der Waals surface area contributed by atoms with E-state index in [9.17, 15) is 20.0 Å². The Balaban J connectivity index is 1.86. The van der Waals surface area contributed by atoms with Crippen LogP contribution >= 0.6 is 0 Å². The van der Waals surface area contributed by atoms with Crippen LogP contribution in [0.1, 0.15) is 24.0 Å². The van der Waals surface area contributed by atoms with Gasteiger partial charge in [-0.25, -0.2) is 4.79 Å². The molecule has 2 atom stereocenters. The number of carboxylic acid groups (broad SMARTS) is 1. The molecule has 27 heavy (non-hydrogen) atoms. The van der Waals surface area contributed by atoms with E-state index in [0.717, 1.165) is 29.7 Å². The van der Waals surface area contributed by atoms with Crippen molar-refractivity contribution in [3.8, 4) is 17.2 Å². The average molecular weight is 363 g/mol. The first-order valence-electron chi connectivity index (χ1n) is 8.94. The Kier molecular flexibility index (Phi) is 5.84. The molecule has 0 aromatic heterocycles. The zero-order valence-electron chi connectivity index (χ0n) is 14.8. The van der Waals surface area contributed by atoms with Gasteiger partial charge >= 0.3 is 5.97 Å². The first kappa shape index (κ1) is 18.6. The average Bonchev–Trinajstić information content (AvgIpc) is 3.22. The summed E-state index contributed by atoms with van der Waals surface area (Å²) < 4.78 is 0. The lowest BCUT2D eigenvalue weighted by Gasteiger charge is -2.19. The van der Waals surface area contributed by atoms with Crippen LogP contribution in [0.2, 0.25) is 0 Å². The molecular formula is C21H21N3O3. The van der Waals surface area contributed by atoms with Crippen LogP contribution in [0.5, 0.6) is 0 Å². The van der Waals surface area contributed by atoms with E-state index in [1.807, 2.05) is 36.4 Å². The predicted octanol–water partition coefficient (Wildman–Crippen LogP) is 2.09. The lowest BCUT2D eigenvalue weighted by atomic mass is 9.92. The summed E-state index contributed by atoms with van der Waals surface area (Å²) in [6, 6.07) is 15.4. The van der Waals surface area contributed by atoms with Crippen molar-refractivity contribution in [3.05, 3.63) is 59.7 Å². The molecule has 0 saturated carbocycles. The first-order valence-corrected chi connectivity index (χ1v) is 8.94. The summed E-state index contributed by atoms with van der Waals surface area (Å²) in [5.41, 5.74) is 2.85. The minimum absolute atomic E-state index is 0.143. The zero-order valence-corrected chi connectivity index (χ0v) is 14.8. The van der Waals surface area contributed by atoms with E-state index in [4.69, 9.17) is 0 Å². The van der Waals surface area contributed by atoms with E-state index in [0.29, 0.717) is 12.0 Å². The molecular weight excluding hydrogens is 342 g/mol. The Hall–Kier alpha value is -3.17. The van der Waals surface area contributed by atoms with Crippen molar-refractivity contribution < 1.29 is 14.7 Å². The first-order chi connectivity index (χ1) is 13.1. The van der Waals surface area contributed by atoms with Crippen molar-refractivity contribution in [2.75, 3.05) is 6.54 Å². The fourth-order valence-corrected chi connectivity index (χ4v) is 3.38. The van der Waals surface area contributed by atoms with Crippen molar-refractivity contribution >= 4 is 11.9 Å². The van der Waals surface area contributed by atoms with E-state index < -0.39 is 12.0 Å². The van der Waals surface area contributed by atoms with Gasteiger partial charge in [0.25, 0.3) is 0 Å². The van der Waals surface area contributed by atoms with E-state index in [2.05, 4.69) is 16.7 Å². The number of amides is 1. The summed E-state index contributed by atoms with van der Waals surface area (Å²) in [4.78, 5) is 24.1. The second-order valence-corrected chi connectivity index (χ2v) is 6.57. The second-order valence-electron chi connectivity index (χ2n) is 6.57. The number of nitrogens with one attached hydrogen (secondary N) is 2. The number of carbonyl (C=O) groups is 2. The van der Waals surface area contributed by atoms with Crippen LogP contribution in [-0.2, 0) is 16.0 Å². The summed E-state index contributed by atoms with van der Waals surface area (Å²) in [5, 5.41) is 24.7. The van der Waals surface area contributed by atoms with E-state index in [-0.39, 0.29) is 18.4 Å². The number of aliphatic carboxylic acids is 1. The highest BCUT2D eigenvalue weighted by Crippen LogP contribution is 2.27. The van der Waals surface area contributed by atoms with Crippen LogP contribution in [-0.4, -0.2) is 35.6 Å². The Morgan fingerprint density at radius 1 is 1.19 bits per heavy atom.